The minimum atomic E-state index is -0.317. The minimum Gasteiger partial charge on any atom is -0.352 e. The SMILES string of the molecule is C[C@@H]1CCC[C@@H](C)N1CCCNC(=O)c1ccc(CN2CC(=O)N3CSC[C@@H]3C2=O)cc1. The molecule has 8 heteroatoms. The predicted octanol–water partition coefficient (Wildman–Crippen LogP) is 2.31. The highest BCUT2D eigenvalue weighted by atomic mass is 32.2. The summed E-state index contributed by atoms with van der Waals surface area (Å²) in [5.74, 6) is 1.26. The van der Waals surface area contributed by atoms with E-state index in [0.717, 1.165) is 18.5 Å². The van der Waals surface area contributed by atoms with E-state index >= 15 is 0 Å². The van der Waals surface area contributed by atoms with Crippen molar-refractivity contribution in [2.45, 2.75) is 64.2 Å². The molecular formula is C24H34N4O3S. The quantitative estimate of drug-likeness (QED) is 0.635. The molecule has 0 unspecified atom stereocenters. The Bertz CT molecular complexity index is 836. The van der Waals surface area contributed by atoms with E-state index in [4.69, 9.17) is 0 Å². The van der Waals surface area contributed by atoms with E-state index in [1.165, 1.54) is 19.3 Å². The van der Waals surface area contributed by atoms with Crippen LogP contribution in [0.5, 0.6) is 0 Å². The summed E-state index contributed by atoms with van der Waals surface area (Å²) >= 11 is 1.63. The van der Waals surface area contributed by atoms with Crippen LogP contribution in [0.3, 0.4) is 0 Å². The Labute approximate surface area is 194 Å². The van der Waals surface area contributed by atoms with Crippen LogP contribution in [0.25, 0.3) is 0 Å². The number of fused-ring (bicyclic) bond motifs is 1. The minimum absolute atomic E-state index is 0.0175. The molecule has 174 valence electrons. The number of hydrogen-bond donors (Lipinski definition) is 1. The van der Waals surface area contributed by atoms with E-state index in [-0.39, 0.29) is 30.3 Å². The van der Waals surface area contributed by atoms with Crippen LogP contribution in [0, 0.1) is 0 Å². The van der Waals surface area contributed by atoms with Crippen LogP contribution in [-0.2, 0) is 16.1 Å². The molecule has 0 spiro atoms. The van der Waals surface area contributed by atoms with Gasteiger partial charge in [0.25, 0.3) is 5.91 Å². The summed E-state index contributed by atoms with van der Waals surface area (Å²) in [4.78, 5) is 43.4. The number of amides is 3. The number of nitrogens with one attached hydrogen (secondary N) is 1. The third-order valence-corrected chi connectivity index (χ3v) is 7.98. The van der Waals surface area contributed by atoms with E-state index in [1.807, 2.05) is 12.1 Å². The summed E-state index contributed by atoms with van der Waals surface area (Å²) in [6.45, 7) is 6.80. The molecule has 3 aliphatic heterocycles. The first-order valence-corrected chi connectivity index (χ1v) is 12.9. The summed E-state index contributed by atoms with van der Waals surface area (Å²) in [6.07, 6.45) is 4.78. The lowest BCUT2D eigenvalue weighted by Crippen LogP contribution is -2.57. The molecule has 3 saturated heterocycles. The van der Waals surface area contributed by atoms with Crippen LogP contribution in [0.4, 0.5) is 0 Å². The van der Waals surface area contributed by atoms with E-state index in [1.54, 1.807) is 33.7 Å². The van der Waals surface area contributed by atoms with Gasteiger partial charge >= 0.3 is 0 Å². The van der Waals surface area contributed by atoms with Gasteiger partial charge in [-0.2, -0.15) is 0 Å². The first kappa shape index (κ1) is 23.1. The lowest BCUT2D eigenvalue weighted by Gasteiger charge is -2.39. The smallest absolute Gasteiger partial charge is 0.251 e. The number of likely N-dealkylation sites (tertiary alicyclic amines) is 1. The zero-order valence-electron chi connectivity index (χ0n) is 19.1. The zero-order chi connectivity index (χ0) is 22.7. The Hall–Kier alpha value is -2.06. The summed E-state index contributed by atoms with van der Waals surface area (Å²) in [7, 11) is 0. The number of piperazine rings is 1. The summed E-state index contributed by atoms with van der Waals surface area (Å²) < 4.78 is 0. The Kier molecular flexibility index (Phi) is 7.40. The Morgan fingerprint density at radius 2 is 1.84 bits per heavy atom. The molecule has 1 aromatic rings. The fourth-order valence-corrected chi connectivity index (χ4v) is 6.20. The summed E-state index contributed by atoms with van der Waals surface area (Å²) in [5.41, 5.74) is 1.54. The normalized spacial score (nSPS) is 26.4. The van der Waals surface area contributed by atoms with Crippen LogP contribution in [0.15, 0.2) is 24.3 Å². The molecule has 3 atom stereocenters. The van der Waals surface area contributed by atoms with Gasteiger partial charge in [0.05, 0.1) is 5.88 Å². The molecule has 1 aromatic carbocycles. The second-order valence-corrected chi connectivity index (χ2v) is 10.2. The number of nitrogens with zero attached hydrogens (tertiary/aromatic N) is 3. The van der Waals surface area contributed by atoms with Gasteiger partial charge in [0.1, 0.15) is 12.6 Å². The molecular weight excluding hydrogens is 424 g/mol. The van der Waals surface area contributed by atoms with Crippen molar-refractivity contribution in [3.8, 4) is 0 Å². The molecule has 3 heterocycles. The highest BCUT2D eigenvalue weighted by molar-refractivity contribution is 7.99. The van der Waals surface area contributed by atoms with Gasteiger partial charge in [0, 0.05) is 43.0 Å². The number of carbonyl (C=O) groups excluding carboxylic acids is 3. The molecule has 7 nitrogen and oxygen atoms in total. The van der Waals surface area contributed by atoms with E-state index in [9.17, 15) is 14.4 Å². The van der Waals surface area contributed by atoms with Gasteiger partial charge in [-0.25, -0.2) is 0 Å². The molecule has 1 N–H and O–H groups in total. The Morgan fingerprint density at radius 1 is 1.12 bits per heavy atom. The number of hydrogen-bond acceptors (Lipinski definition) is 5. The molecule has 0 saturated carbocycles. The Morgan fingerprint density at radius 3 is 2.56 bits per heavy atom. The van der Waals surface area contributed by atoms with Crippen molar-refractivity contribution in [3.05, 3.63) is 35.4 Å². The van der Waals surface area contributed by atoms with Gasteiger partial charge in [0.15, 0.2) is 0 Å². The average Bonchev–Trinajstić information content (AvgIpc) is 3.28. The zero-order valence-corrected chi connectivity index (χ0v) is 19.9. The Balaban J connectivity index is 1.24. The standard InChI is InChI=1S/C24H34N4O3S/c1-17-5-3-6-18(2)27(17)12-4-11-25-23(30)20-9-7-19(8-10-20)13-26-14-22(29)28-16-32-15-21(28)24(26)31/h7-10,17-18,21H,3-6,11-16H2,1-2H3,(H,25,30)/t17-,18-,21-/m1/s1. The molecule has 0 radical (unpaired) electrons. The van der Waals surface area contributed by atoms with Crippen molar-refractivity contribution in [1.29, 1.82) is 0 Å². The average molecular weight is 459 g/mol. The predicted molar refractivity (Wildman–Crippen MR) is 126 cm³/mol. The topological polar surface area (TPSA) is 73.0 Å². The third-order valence-electron chi connectivity index (χ3n) is 6.97. The van der Waals surface area contributed by atoms with Crippen molar-refractivity contribution < 1.29 is 14.4 Å². The van der Waals surface area contributed by atoms with Crippen molar-refractivity contribution >= 4 is 29.5 Å². The van der Waals surface area contributed by atoms with Crippen molar-refractivity contribution in [3.63, 3.8) is 0 Å². The van der Waals surface area contributed by atoms with Gasteiger partial charge < -0.3 is 15.1 Å². The maximum atomic E-state index is 12.7. The number of carbonyl (C=O) groups is 3. The second-order valence-electron chi connectivity index (χ2n) is 9.25. The van der Waals surface area contributed by atoms with Crippen molar-refractivity contribution in [1.82, 2.24) is 20.0 Å². The molecule has 0 aliphatic carbocycles. The molecule has 3 aliphatic rings. The van der Waals surface area contributed by atoms with Crippen LogP contribution < -0.4 is 5.32 Å². The maximum Gasteiger partial charge on any atom is 0.251 e. The molecule has 0 aromatic heterocycles. The molecule has 3 amide bonds. The lowest BCUT2D eigenvalue weighted by atomic mass is 9.97. The molecule has 4 rings (SSSR count). The number of benzene rings is 1. The fourth-order valence-electron chi connectivity index (χ4n) is 5.03. The molecule has 3 fully saturated rings. The van der Waals surface area contributed by atoms with Crippen LogP contribution >= 0.6 is 11.8 Å². The van der Waals surface area contributed by atoms with Gasteiger partial charge in [-0.05, 0) is 50.8 Å². The largest absolute Gasteiger partial charge is 0.352 e. The third kappa shape index (κ3) is 5.12. The number of rotatable bonds is 7. The molecule has 0 bridgehead atoms. The van der Waals surface area contributed by atoms with Gasteiger partial charge in [0.2, 0.25) is 11.8 Å². The summed E-state index contributed by atoms with van der Waals surface area (Å²) in [6, 6.07) is 8.28. The van der Waals surface area contributed by atoms with Crippen molar-refractivity contribution in [2.24, 2.45) is 0 Å². The maximum absolute atomic E-state index is 12.7. The van der Waals surface area contributed by atoms with Gasteiger partial charge in [-0.1, -0.05) is 18.6 Å². The highest BCUT2D eigenvalue weighted by Crippen LogP contribution is 2.27. The van der Waals surface area contributed by atoms with Gasteiger partial charge in [-0.15, -0.1) is 11.8 Å². The molecule has 32 heavy (non-hydrogen) atoms. The van der Waals surface area contributed by atoms with Crippen molar-refractivity contribution in [2.75, 3.05) is 31.3 Å². The van der Waals surface area contributed by atoms with E-state index in [2.05, 4.69) is 24.1 Å². The van der Waals surface area contributed by atoms with Gasteiger partial charge in [-0.3, -0.25) is 19.3 Å². The number of thioether (sulfide) groups is 1. The van der Waals surface area contributed by atoms with Crippen LogP contribution in [0.2, 0.25) is 0 Å². The van der Waals surface area contributed by atoms with Crippen LogP contribution in [-0.4, -0.2) is 81.8 Å². The second kappa shape index (κ2) is 10.3. The van der Waals surface area contributed by atoms with E-state index in [0.29, 0.717) is 42.4 Å². The first-order valence-electron chi connectivity index (χ1n) is 11.7. The monoisotopic (exact) mass is 458 g/mol. The highest BCUT2D eigenvalue weighted by Gasteiger charge is 2.42. The van der Waals surface area contributed by atoms with E-state index < -0.39 is 0 Å². The first-order chi connectivity index (χ1) is 15.4. The summed E-state index contributed by atoms with van der Waals surface area (Å²) in [5, 5.41) is 3.02. The fraction of sp³-hybridized carbons (Fsp3) is 0.625. The lowest BCUT2D eigenvalue weighted by molar-refractivity contribution is -0.153. The van der Waals surface area contributed by atoms with Crippen LogP contribution in [0.1, 0.15) is 55.5 Å². The number of piperidine rings is 1.